The van der Waals surface area contributed by atoms with Gasteiger partial charge in [0.15, 0.2) is 5.78 Å². The number of hydrazine groups is 1. The Labute approximate surface area is 186 Å². The molecule has 0 fully saturated rings. The summed E-state index contributed by atoms with van der Waals surface area (Å²) in [5.41, 5.74) is 3.50. The van der Waals surface area contributed by atoms with Crippen LogP contribution in [0.25, 0.3) is 0 Å². The molecule has 164 valence electrons. The van der Waals surface area contributed by atoms with Gasteiger partial charge in [-0.15, -0.1) is 16.2 Å². The Morgan fingerprint density at radius 3 is 2.45 bits per heavy atom. The van der Waals surface area contributed by atoms with E-state index < -0.39 is 15.9 Å². The summed E-state index contributed by atoms with van der Waals surface area (Å²) in [5.74, 6) is -0.634. The number of allylic oxidation sites excluding steroid dienone is 1. The standard InChI is InChI=1S/C22H25N3O4S2/c1-22(2,3)17-8-10-18(11-9-17)31(28,29)24-23-21(27)16-6-4-12-25(14-16)15-19(26)20-7-5-13-30-20/h4-5,7-14,24H,6,15H2,1-3H3,(H,23,27). The third-order valence-corrected chi connectivity index (χ3v) is 6.87. The number of hydrogen-bond donors (Lipinski definition) is 2. The molecule has 0 atom stereocenters. The van der Waals surface area contributed by atoms with Gasteiger partial charge in [0.25, 0.3) is 15.9 Å². The SMILES string of the molecule is CC(C)(C)c1ccc(S(=O)(=O)NNC(=O)C2=CN(CC(=O)c3cccs3)C=CC2)cc1. The van der Waals surface area contributed by atoms with Crippen molar-refractivity contribution in [2.24, 2.45) is 0 Å². The van der Waals surface area contributed by atoms with Crippen LogP contribution < -0.4 is 10.3 Å². The van der Waals surface area contributed by atoms with E-state index in [9.17, 15) is 18.0 Å². The first kappa shape index (κ1) is 22.9. The molecule has 0 radical (unpaired) electrons. The maximum atomic E-state index is 12.5. The number of carbonyl (C=O) groups excluding carboxylic acids is 2. The molecule has 1 aliphatic heterocycles. The fourth-order valence-corrected chi connectivity index (χ4v) is 4.42. The van der Waals surface area contributed by atoms with Crippen LogP contribution >= 0.6 is 11.3 Å². The monoisotopic (exact) mass is 459 g/mol. The molecular weight excluding hydrogens is 434 g/mol. The Morgan fingerprint density at radius 1 is 1.13 bits per heavy atom. The predicted octanol–water partition coefficient (Wildman–Crippen LogP) is 3.34. The van der Waals surface area contributed by atoms with E-state index in [1.54, 1.807) is 47.6 Å². The topological polar surface area (TPSA) is 95.6 Å². The lowest BCUT2D eigenvalue weighted by atomic mass is 9.87. The molecular formula is C22H25N3O4S2. The Morgan fingerprint density at radius 2 is 1.84 bits per heavy atom. The van der Waals surface area contributed by atoms with Crippen LogP contribution in [0.15, 0.2) is 70.7 Å². The molecule has 2 aromatic rings. The number of thiophene rings is 1. The number of benzene rings is 1. The smallest absolute Gasteiger partial charge is 0.263 e. The average molecular weight is 460 g/mol. The maximum Gasteiger partial charge on any atom is 0.263 e. The summed E-state index contributed by atoms with van der Waals surface area (Å²) >= 11 is 1.36. The minimum atomic E-state index is -3.91. The number of nitrogens with zero attached hydrogens (tertiary/aromatic N) is 1. The van der Waals surface area contributed by atoms with Crippen LogP contribution in [0.2, 0.25) is 0 Å². The van der Waals surface area contributed by atoms with Crippen molar-refractivity contribution in [3.63, 3.8) is 0 Å². The largest absolute Gasteiger partial charge is 0.346 e. The molecule has 31 heavy (non-hydrogen) atoms. The number of nitrogens with one attached hydrogen (secondary N) is 2. The van der Waals surface area contributed by atoms with Gasteiger partial charge in [-0.3, -0.25) is 15.0 Å². The summed E-state index contributed by atoms with van der Waals surface area (Å²) in [6, 6.07) is 10.1. The van der Waals surface area contributed by atoms with Crippen molar-refractivity contribution in [2.75, 3.05) is 6.54 Å². The van der Waals surface area contributed by atoms with Crippen molar-refractivity contribution in [1.29, 1.82) is 0 Å². The van der Waals surface area contributed by atoms with Crippen molar-refractivity contribution < 1.29 is 18.0 Å². The van der Waals surface area contributed by atoms with E-state index in [0.717, 1.165) is 5.56 Å². The maximum absolute atomic E-state index is 12.5. The van der Waals surface area contributed by atoms with Gasteiger partial charge in [0.1, 0.15) is 0 Å². The quantitative estimate of drug-likeness (QED) is 0.489. The second kappa shape index (κ2) is 9.17. The van der Waals surface area contributed by atoms with Crippen LogP contribution in [-0.4, -0.2) is 31.6 Å². The molecule has 0 spiro atoms. The lowest BCUT2D eigenvalue weighted by Crippen LogP contribution is -2.42. The van der Waals surface area contributed by atoms with Gasteiger partial charge in [0.2, 0.25) is 0 Å². The Balaban J connectivity index is 1.61. The molecule has 0 bridgehead atoms. The third-order valence-electron chi connectivity index (χ3n) is 4.70. The minimum absolute atomic E-state index is 0.0569. The van der Waals surface area contributed by atoms with E-state index in [2.05, 4.69) is 10.3 Å². The number of hydrogen-bond acceptors (Lipinski definition) is 6. The Bertz CT molecular complexity index is 1110. The molecule has 0 unspecified atom stereocenters. The van der Waals surface area contributed by atoms with Crippen LogP contribution in [-0.2, 0) is 20.2 Å². The van der Waals surface area contributed by atoms with Crippen molar-refractivity contribution in [3.05, 3.63) is 76.3 Å². The number of ketones is 1. The van der Waals surface area contributed by atoms with Gasteiger partial charge in [-0.2, -0.15) is 0 Å². The summed E-state index contributed by atoms with van der Waals surface area (Å²) in [5, 5.41) is 1.83. The Hall–Kier alpha value is -2.75. The van der Waals surface area contributed by atoms with Gasteiger partial charge >= 0.3 is 0 Å². The summed E-state index contributed by atoms with van der Waals surface area (Å²) in [6.07, 6.45) is 5.35. The average Bonchev–Trinajstić information content (AvgIpc) is 3.27. The van der Waals surface area contributed by atoms with Crippen LogP contribution in [0.3, 0.4) is 0 Å². The van der Waals surface area contributed by atoms with Gasteiger partial charge < -0.3 is 4.90 Å². The second-order valence-electron chi connectivity index (χ2n) is 8.15. The number of rotatable bonds is 7. The Kier molecular flexibility index (Phi) is 6.78. The molecule has 0 saturated carbocycles. The lowest BCUT2D eigenvalue weighted by Gasteiger charge is -2.20. The zero-order chi connectivity index (χ0) is 22.6. The highest BCUT2D eigenvalue weighted by Gasteiger charge is 2.20. The predicted molar refractivity (Wildman–Crippen MR) is 121 cm³/mol. The van der Waals surface area contributed by atoms with Crippen molar-refractivity contribution in [2.45, 2.75) is 37.5 Å². The summed E-state index contributed by atoms with van der Waals surface area (Å²) in [6.45, 7) is 6.22. The van der Waals surface area contributed by atoms with Crippen molar-refractivity contribution in [1.82, 2.24) is 15.2 Å². The third kappa shape index (κ3) is 5.90. The molecule has 2 N–H and O–H groups in total. The highest BCUT2D eigenvalue weighted by molar-refractivity contribution is 7.89. The molecule has 1 aromatic heterocycles. The summed E-state index contributed by atoms with van der Waals surface area (Å²) < 4.78 is 25.0. The van der Waals surface area contributed by atoms with Crippen LogP contribution in [0.4, 0.5) is 0 Å². The minimum Gasteiger partial charge on any atom is -0.346 e. The van der Waals surface area contributed by atoms with E-state index in [-0.39, 0.29) is 22.6 Å². The molecule has 1 aliphatic rings. The van der Waals surface area contributed by atoms with Crippen molar-refractivity contribution >= 4 is 33.1 Å². The van der Waals surface area contributed by atoms with E-state index in [1.165, 1.54) is 23.5 Å². The normalized spacial score (nSPS) is 14.3. The number of amides is 1. The van der Waals surface area contributed by atoms with Crippen LogP contribution in [0.5, 0.6) is 0 Å². The second-order valence-corrected chi connectivity index (χ2v) is 10.8. The molecule has 9 heteroatoms. The highest BCUT2D eigenvalue weighted by Crippen LogP contribution is 2.23. The van der Waals surface area contributed by atoms with Gasteiger partial charge in [-0.25, -0.2) is 8.42 Å². The van der Waals surface area contributed by atoms with E-state index in [1.807, 2.05) is 26.2 Å². The first-order valence-corrected chi connectivity index (χ1v) is 12.0. The summed E-state index contributed by atoms with van der Waals surface area (Å²) in [7, 11) is -3.91. The van der Waals surface area contributed by atoms with Gasteiger partial charge in [0.05, 0.1) is 16.3 Å². The van der Waals surface area contributed by atoms with E-state index >= 15 is 0 Å². The molecule has 3 rings (SSSR count). The van der Waals surface area contributed by atoms with E-state index in [0.29, 0.717) is 16.9 Å². The highest BCUT2D eigenvalue weighted by atomic mass is 32.2. The number of sulfonamides is 1. The zero-order valence-corrected chi connectivity index (χ0v) is 19.2. The molecule has 1 amide bonds. The first-order valence-electron chi connectivity index (χ1n) is 9.69. The van der Waals surface area contributed by atoms with Gasteiger partial charge in [-0.1, -0.05) is 45.0 Å². The molecule has 7 nitrogen and oxygen atoms in total. The fraction of sp³-hybridized carbons (Fsp3) is 0.273. The van der Waals surface area contributed by atoms with Crippen molar-refractivity contribution in [3.8, 4) is 0 Å². The first-order chi connectivity index (χ1) is 14.6. The molecule has 0 aliphatic carbocycles. The molecule has 2 heterocycles. The summed E-state index contributed by atoms with van der Waals surface area (Å²) in [4.78, 5) is 29.2. The lowest BCUT2D eigenvalue weighted by molar-refractivity contribution is -0.118. The van der Waals surface area contributed by atoms with Crippen LogP contribution in [0, 0.1) is 0 Å². The fourth-order valence-electron chi connectivity index (χ4n) is 2.93. The zero-order valence-electron chi connectivity index (χ0n) is 17.6. The van der Waals surface area contributed by atoms with Crippen LogP contribution in [0.1, 0.15) is 42.4 Å². The van der Waals surface area contributed by atoms with Gasteiger partial charge in [0, 0.05) is 18.0 Å². The van der Waals surface area contributed by atoms with E-state index in [4.69, 9.17) is 0 Å². The van der Waals surface area contributed by atoms with Gasteiger partial charge in [-0.05, 0) is 41.0 Å². The number of Topliss-reactive ketones (excluding diaryl/α,β-unsaturated/α-hetero) is 1. The molecule has 0 saturated heterocycles. The number of carbonyl (C=O) groups is 2. The molecule has 1 aromatic carbocycles.